The van der Waals surface area contributed by atoms with Crippen molar-refractivity contribution in [1.82, 2.24) is 4.90 Å². The zero-order valence-electron chi connectivity index (χ0n) is 12.9. The van der Waals surface area contributed by atoms with Crippen molar-refractivity contribution in [3.05, 3.63) is 71.3 Å². The standard InChI is InChI=1S/C19H21NO2/c1-15-7-9-16(10-8-15)13-18-19(21)20(11-12-22-18)14-17-5-3-2-4-6-17/h2-10,18H,11-14H2,1H3. The molecule has 1 heterocycles. The number of hydrogen-bond donors (Lipinski definition) is 0. The van der Waals surface area contributed by atoms with E-state index in [2.05, 4.69) is 43.3 Å². The van der Waals surface area contributed by atoms with E-state index in [-0.39, 0.29) is 12.0 Å². The summed E-state index contributed by atoms with van der Waals surface area (Å²) in [5, 5.41) is 0. The Labute approximate surface area is 131 Å². The molecule has 22 heavy (non-hydrogen) atoms. The van der Waals surface area contributed by atoms with Crippen molar-refractivity contribution in [2.75, 3.05) is 13.2 Å². The van der Waals surface area contributed by atoms with Crippen molar-refractivity contribution >= 4 is 5.91 Å². The van der Waals surface area contributed by atoms with Gasteiger partial charge >= 0.3 is 0 Å². The molecule has 0 aliphatic carbocycles. The number of amides is 1. The van der Waals surface area contributed by atoms with Gasteiger partial charge < -0.3 is 9.64 Å². The Balaban J connectivity index is 1.66. The number of nitrogens with zero attached hydrogens (tertiary/aromatic N) is 1. The Morgan fingerprint density at radius 2 is 1.77 bits per heavy atom. The van der Waals surface area contributed by atoms with Gasteiger partial charge in [0, 0.05) is 19.5 Å². The van der Waals surface area contributed by atoms with E-state index in [0.717, 1.165) is 11.1 Å². The summed E-state index contributed by atoms with van der Waals surface area (Å²) in [5.41, 5.74) is 3.53. The number of hydrogen-bond acceptors (Lipinski definition) is 2. The summed E-state index contributed by atoms with van der Waals surface area (Å²) in [6.45, 7) is 3.99. The molecule has 1 unspecified atom stereocenters. The molecule has 1 aliphatic heterocycles. The van der Waals surface area contributed by atoms with Gasteiger partial charge in [-0.05, 0) is 18.1 Å². The number of benzene rings is 2. The first-order valence-electron chi connectivity index (χ1n) is 7.72. The Morgan fingerprint density at radius 3 is 2.50 bits per heavy atom. The van der Waals surface area contributed by atoms with E-state index in [1.807, 2.05) is 23.1 Å². The van der Waals surface area contributed by atoms with E-state index in [0.29, 0.717) is 26.1 Å². The molecule has 3 rings (SSSR count). The van der Waals surface area contributed by atoms with Crippen LogP contribution in [0.1, 0.15) is 16.7 Å². The fourth-order valence-electron chi connectivity index (χ4n) is 2.74. The number of aryl methyl sites for hydroxylation is 1. The first-order chi connectivity index (χ1) is 10.7. The third kappa shape index (κ3) is 3.55. The minimum atomic E-state index is -0.361. The lowest BCUT2D eigenvalue weighted by atomic mass is 10.0. The van der Waals surface area contributed by atoms with Crippen molar-refractivity contribution in [1.29, 1.82) is 0 Å². The molecule has 114 valence electrons. The predicted octanol–water partition coefficient (Wildman–Crippen LogP) is 2.97. The molecule has 0 radical (unpaired) electrons. The highest BCUT2D eigenvalue weighted by molar-refractivity contribution is 5.81. The normalized spacial score (nSPS) is 18.5. The molecule has 1 atom stereocenters. The van der Waals surface area contributed by atoms with E-state index in [9.17, 15) is 4.79 Å². The van der Waals surface area contributed by atoms with Gasteiger partial charge in [0.1, 0.15) is 6.10 Å². The van der Waals surface area contributed by atoms with Gasteiger partial charge in [0.15, 0.2) is 0 Å². The molecule has 2 aromatic rings. The number of ether oxygens (including phenoxy) is 1. The zero-order chi connectivity index (χ0) is 15.4. The average Bonchev–Trinajstić information content (AvgIpc) is 2.54. The number of carbonyl (C=O) groups is 1. The molecular formula is C19H21NO2. The highest BCUT2D eigenvalue weighted by atomic mass is 16.5. The lowest BCUT2D eigenvalue weighted by molar-refractivity contribution is -0.153. The third-order valence-corrected chi connectivity index (χ3v) is 4.03. The van der Waals surface area contributed by atoms with E-state index in [1.165, 1.54) is 5.56 Å². The van der Waals surface area contributed by atoms with E-state index in [1.54, 1.807) is 0 Å². The molecule has 2 aromatic carbocycles. The van der Waals surface area contributed by atoms with Crippen LogP contribution in [0.15, 0.2) is 54.6 Å². The van der Waals surface area contributed by atoms with Crippen LogP contribution in [0.4, 0.5) is 0 Å². The smallest absolute Gasteiger partial charge is 0.252 e. The zero-order valence-corrected chi connectivity index (χ0v) is 12.9. The molecule has 1 saturated heterocycles. The van der Waals surface area contributed by atoms with Gasteiger partial charge in [-0.3, -0.25) is 4.79 Å². The van der Waals surface area contributed by atoms with Gasteiger partial charge in [-0.15, -0.1) is 0 Å². The molecule has 0 aromatic heterocycles. The lowest BCUT2D eigenvalue weighted by Crippen LogP contribution is -2.48. The number of carbonyl (C=O) groups excluding carboxylic acids is 1. The summed E-state index contributed by atoms with van der Waals surface area (Å²) in [4.78, 5) is 14.5. The fraction of sp³-hybridized carbons (Fsp3) is 0.316. The summed E-state index contributed by atoms with van der Waals surface area (Å²) in [6.07, 6.45) is 0.282. The van der Waals surface area contributed by atoms with Crippen LogP contribution in [0.25, 0.3) is 0 Å². The molecule has 0 spiro atoms. The quantitative estimate of drug-likeness (QED) is 0.868. The van der Waals surface area contributed by atoms with Crippen LogP contribution in [0, 0.1) is 6.92 Å². The summed E-state index contributed by atoms with van der Waals surface area (Å²) in [5.74, 6) is 0.0932. The van der Waals surface area contributed by atoms with Gasteiger partial charge in [0.25, 0.3) is 5.91 Å². The first kappa shape index (κ1) is 14.8. The number of morpholine rings is 1. The molecule has 1 amide bonds. The van der Waals surface area contributed by atoms with Gasteiger partial charge in [-0.25, -0.2) is 0 Å². The monoisotopic (exact) mass is 295 g/mol. The number of rotatable bonds is 4. The third-order valence-electron chi connectivity index (χ3n) is 4.03. The van der Waals surface area contributed by atoms with Gasteiger partial charge in [0.05, 0.1) is 6.61 Å². The molecule has 0 bridgehead atoms. The van der Waals surface area contributed by atoms with Crippen LogP contribution in [0.2, 0.25) is 0 Å². The van der Waals surface area contributed by atoms with Crippen molar-refractivity contribution in [3.63, 3.8) is 0 Å². The molecule has 1 aliphatic rings. The van der Waals surface area contributed by atoms with Crippen molar-refractivity contribution < 1.29 is 9.53 Å². The Kier molecular flexibility index (Phi) is 4.54. The molecule has 3 heteroatoms. The molecule has 0 saturated carbocycles. The minimum Gasteiger partial charge on any atom is -0.366 e. The van der Waals surface area contributed by atoms with E-state index < -0.39 is 0 Å². The second-order valence-corrected chi connectivity index (χ2v) is 5.79. The molecule has 0 N–H and O–H groups in total. The van der Waals surface area contributed by atoms with Gasteiger partial charge in [-0.2, -0.15) is 0 Å². The highest BCUT2D eigenvalue weighted by Crippen LogP contribution is 2.16. The fourth-order valence-corrected chi connectivity index (χ4v) is 2.74. The predicted molar refractivity (Wildman–Crippen MR) is 86.5 cm³/mol. The van der Waals surface area contributed by atoms with Crippen molar-refractivity contribution in [2.45, 2.75) is 26.0 Å². The second kappa shape index (κ2) is 6.75. The van der Waals surface area contributed by atoms with E-state index >= 15 is 0 Å². The minimum absolute atomic E-state index is 0.0932. The SMILES string of the molecule is Cc1ccc(CC2OCCN(Cc3ccccc3)C2=O)cc1. The second-order valence-electron chi connectivity index (χ2n) is 5.79. The highest BCUT2D eigenvalue weighted by Gasteiger charge is 2.29. The van der Waals surface area contributed by atoms with Crippen molar-refractivity contribution in [3.8, 4) is 0 Å². The maximum absolute atomic E-state index is 12.6. The van der Waals surface area contributed by atoms with Crippen LogP contribution >= 0.6 is 0 Å². The van der Waals surface area contributed by atoms with Crippen LogP contribution < -0.4 is 0 Å². The first-order valence-corrected chi connectivity index (χ1v) is 7.72. The maximum atomic E-state index is 12.6. The topological polar surface area (TPSA) is 29.5 Å². The van der Waals surface area contributed by atoms with Gasteiger partial charge in [0.2, 0.25) is 0 Å². The van der Waals surface area contributed by atoms with Crippen LogP contribution in [-0.2, 0) is 22.5 Å². The van der Waals surface area contributed by atoms with Crippen LogP contribution in [0.5, 0.6) is 0 Å². The van der Waals surface area contributed by atoms with Crippen molar-refractivity contribution in [2.24, 2.45) is 0 Å². The van der Waals surface area contributed by atoms with Crippen LogP contribution in [0.3, 0.4) is 0 Å². The maximum Gasteiger partial charge on any atom is 0.252 e. The molecular weight excluding hydrogens is 274 g/mol. The van der Waals surface area contributed by atoms with Gasteiger partial charge in [-0.1, -0.05) is 60.2 Å². The van der Waals surface area contributed by atoms with E-state index in [4.69, 9.17) is 4.74 Å². The summed E-state index contributed by atoms with van der Waals surface area (Å²) >= 11 is 0. The largest absolute Gasteiger partial charge is 0.366 e. The Hall–Kier alpha value is -2.13. The average molecular weight is 295 g/mol. The Morgan fingerprint density at radius 1 is 1.05 bits per heavy atom. The van der Waals surface area contributed by atoms with Crippen LogP contribution in [-0.4, -0.2) is 30.1 Å². The Bertz CT molecular complexity index is 622. The summed E-state index contributed by atoms with van der Waals surface area (Å²) < 4.78 is 5.70. The molecule has 1 fully saturated rings. The summed E-state index contributed by atoms with van der Waals surface area (Å²) in [6, 6.07) is 18.4. The molecule has 3 nitrogen and oxygen atoms in total. The summed E-state index contributed by atoms with van der Waals surface area (Å²) in [7, 11) is 0. The lowest BCUT2D eigenvalue weighted by Gasteiger charge is -2.32.